The van der Waals surface area contributed by atoms with Gasteiger partial charge in [0.25, 0.3) is 0 Å². The van der Waals surface area contributed by atoms with Gasteiger partial charge in [-0.15, -0.1) is 0 Å². The van der Waals surface area contributed by atoms with E-state index in [9.17, 15) is 9.59 Å². The van der Waals surface area contributed by atoms with E-state index in [1.54, 1.807) is 0 Å². The van der Waals surface area contributed by atoms with Gasteiger partial charge in [0.15, 0.2) is 0 Å². The molecule has 2 amide bonds. The van der Waals surface area contributed by atoms with Crippen molar-refractivity contribution in [2.75, 3.05) is 19.6 Å². The van der Waals surface area contributed by atoms with E-state index in [4.69, 9.17) is 0 Å². The molecule has 0 N–H and O–H groups in total. The monoisotopic (exact) mass is 315 g/mol. The molecule has 3 saturated heterocycles. The lowest BCUT2D eigenvalue weighted by molar-refractivity contribution is -0.149. The Morgan fingerprint density at radius 1 is 1.22 bits per heavy atom. The lowest BCUT2D eigenvalue weighted by Gasteiger charge is -2.52. The Hall–Kier alpha value is -1.78. The zero-order chi connectivity index (χ0) is 16.0. The number of fused-ring (bicyclic) bond motifs is 4. The zero-order valence-electron chi connectivity index (χ0n) is 13.7. The molecule has 5 heteroatoms. The number of hydrogen-bond donors (Lipinski definition) is 0. The quantitative estimate of drug-likeness (QED) is 0.837. The third-order valence-electron chi connectivity index (χ3n) is 5.92. The summed E-state index contributed by atoms with van der Waals surface area (Å²) in [5, 5.41) is 0. The molecule has 3 aliphatic heterocycles. The maximum atomic E-state index is 12.9. The summed E-state index contributed by atoms with van der Waals surface area (Å²) >= 11 is 0. The average Bonchev–Trinajstić information content (AvgIpc) is 3.09. The third kappa shape index (κ3) is 2.56. The van der Waals surface area contributed by atoms with Crippen LogP contribution in [0.4, 0.5) is 0 Å². The van der Waals surface area contributed by atoms with Crippen LogP contribution in [-0.2, 0) is 9.59 Å². The van der Waals surface area contributed by atoms with Gasteiger partial charge in [-0.05, 0) is 50.2 Å². The van der Waals surface area contributed by atoms with E-state index >= 15 is 0 Å². The molecular weight excluding hydrogens is 290 g/mol. The third-order valence-corrected chi connectivity index (χ3v) is 5.92. The maximum Gasteiger partial charge on any atom is 0.245 e. The number of amides is 2. The molecule has 23 heavy (non-hydrogen) atoms. The summed E-state index contributed by atoms with van der Waals surface area (Å²) in [7, 11) is 0. The average molecular weight is 315 g/mol. The Kier molecular flexibility index (Phi) is 3.66. The summed E-state index contributed by atoms with van der Waals surface area (Å²) in [5.74, 6) is 1.46. The first-order valence-electron chi connectivity index (χ1n) is 8.84. The van der Waals surface area contributed by atoms with E-state index in [0.717, 1.165) is 32.5 Å². The summed E-state index contributed by atoms with van der Waals surface area (Å²) in [4.78, 5) is 29.2. The van der Waals surface area contributed by atoms with Gasteiger partial charge in [0.1, 0.15) is 6.04 Å². The highest BCUT2D eigenvalue weighted by atomic mass is 16.2. The summed E-state index contributed by atoms with van der Waals surface area (Å²) < 4.78 is 1.98. The molecule has 1 aromatic heterocycles. The SMILES string of the molecule is CC(C(=O)N1CC2CC(C1)C1CCCC(=O)N1C2)n1cccc1. The van der Waals surface area contributed by atoms with Gasteiger partial charge in [0, 0.05) is 44.5 Å². The van der Waals surface area contributed by atoms with Gasteiger partial charge >= 0.3 is 0 Å². The minimum atomic E-state index is -0.145. The van der Waals surface area contributed by atoms with Crippen LogP contribution in [0, 0.1) is 11.8 Å². The molecule has 2 bridgehead atoms. The first kappa shape index (κ1) is 14.8. The molecule has 0 aromatic carbocycles. The summed E-state index contributed by atoms with van der Waals surface area (Å²) in [5.41, 5.74) is 0. The smallest absolute Gasteiger partial charge is 0.245 e. The first-order chi connectivity index (χ1) is 11.1. The summed E-state index contributed by atoms with van der Waals surface area (Å²) in [6, 6.07) is 4.14. The van der Waals surface area contributed by atoms with Crippen molar-refractivity contribution in [3.8, 4) is 0 Å². The molecular formula is C18H25N3O2. The van der Waals surface area contributed by atoms with Crippen molar-refractivity contribution in [2.24, 2.45) is 11.8 Å². The number of nitrogens with zero attached hydrogens (tertiary/aromatic N) is 3. The number of likely N-dealkylation sites (tertiary alicyclic amines) is 1. The van der Waals surface area contributed by atoms with Crippen molar-refractivity contribution in [3.63, 3.8) is 0 Å². The van der Waals surface area contributed by atoms with Crippen LogP contribution in [-0.4, -0.2) is 51.9 Å². The minimum Gasteiger partial charge on any atom is -0.342 e. The van der Waals surface area contributed by atoms with E-state index in [1.165, 1.54) is 6.42 Å². The summed E-state index contributed by atoms with van der Waals surface area (Å²) in [6.45, 7) is 4.44. The molecule has 3 aliphatic rings. The van der Waals surface area contributed by atoms with E-state index in [2.05, 4.69) is 9.80 Å². The second kappa shape index (κ2) is 5.69. The predicted octanol–water partition coefficient (Wildman–Crippen LogP) is 1.91. The molecule has 124 valence electrons. The Morgan fingerprint density at radius 3 is 2.78 bits per heavy atom. The fourth-order valence-corrected chi connectivity index (χ4v) is 4.79. The molecule has 1 aromatic rings. The zero-order valence-corrected chi connectivity index (χ0v) is 13.7. The molecule has 0 aliphatic carbocycles. The molecule has 4 rings (SSSR count). The van der Waals surface area contributed by atoms with E-state index in [-0.39, 0.29) is 11.9 Å². The minimum absolute atomic E-state index is 0.145. The lowest BCUT2D eigenvalue weighted by Crippen LogP contribution is -2.61. The second-order valence-electron chi connectivity index (χ2n) is 7.42. The van der Waals surface area contributed by atoms with E-state index < -0.39 is 0 Å². The van der Waals surface area contributed by atoms with Crippen LogP contribution in [0.5, 0.6) is 0 Å². The van der Waals surface area contributed by atoms with Crippen LogP contribution >= 0.6 is 0 Å². The fraction of sp³-hybridized carbons (Fsp3) is 0.667. The van der Waals surface area contributed by atoms with Gasteiger partial charge in [0.05, 0.1) is 0 Å². The highest BCUT2D eigenvalue weighted by Crippen LogP contribution is 2.38. The Labute approximate surface area is 137 Å². The van der Waals surface area contributed by atoms with Crippen LogP contribution in [0.15, 0.2) is 24.5 Å². The van der Waals surface area contributed by atoms with Crippen molar-refractivity contribution >= 4 is 11.8 Å². The van der Waals surface area contributed by atoms with Gasteiger partial charge in [0.2, 0.25) is 11.8 Å². The summed E-state index contributed by atoms with van der Waals surface area (Å²) in [6.07, 6.45) is 7.91. The predicted molar refractivity (Wildman–Crippen MR) is 86.7 cm³/mol. The van der Waals surface area contributed by atoms with Crippen molar-refractivity contribution in [2.45, 2.75) is 44.7 Å². The number of carbonyl (C=O) groups excluding carboxylic acids is 2. The molecule has 5 nitrogen and oxygen atoms in total. The van der Waals surface area contributed by atoms with E-state index in [0.29, 0.717) is 30.2 Å². The second-order valence-corrected chi connectivity index (χ2v) is 7.42. The Morgan fingerprint density at radius 2 is 2.00 bits per heavy atom. The van der Waals surface area contributed by atoms with Crippen molar-refractivity contribution in [1.82, 2.24) is 14.4 Å². The molecule has 4 heterocycles. The lowest BCUT2D eigenvalue weighted by atomic mass is 9.76. The Balaban J connectivity index is 1.49. The number of carbonyl (C=O) groups is 2. The van der Waals surface area contributed by atoms with Gasteiger partial charge < -0.3 is 14.4 Å². The first-order valence-corrected chi connectivity index (χ1v) is 8.84. The largest absolute Gasteiger partial charge is 0.342 e. The molecule has 4 unspecified atom stereocenters. The molecule has 0 radical (unpaired) electrons. The molecule has 3 fully saturated rings. The van der Waals surface area contributed by atoms with Gasteiger partial charge in [-0.2, -0.15) is 0 Å². The number of hydrogen-bond acceptors (Lipinski definition) is 2. The van der Waals surface area contributed by atoms with Crippen LogP contribution in [0.2, 0.25) is 0 Å². The fourth-order valence-electron chi connectivity index (χ4n) is 4.79. The molecule has 0 saturated carbocycles. The maximum absolute atomic E-state index is 12.9. The molecule has 4 atom stereocenters. The van der Waals surface area contributed by atoms with Crippen LogP contribution < -0.4 is 0 Å². The highest BCUT2D eigenvalue weighted by Gasteiger charge is 2.45. The number of rotatable bonds is 2. The van der Waals surface area contributed by atoms with Crippen molar-refractivity contribution < 1.29 is 9.59 Å². The van der Waals surface area contributed by atoms with Gasteiger partial charge in [-0.1, -0.05) is 0 Å². The van der Waals surface area contributed by atoms with Crippen LogP contribution in [0.1, 0.15) is 38.6 Å². The standard InChI is InChI=1S/C18H25N3O2/c1-13(19-7-2-3-8-19)18(23)20-10-14-9-15(12-20)16-5-4-6-17(22)21(16)11-14/h2-3,7-8,13-16H,4-6,9-12H2,1H3. The number of aromatic nitrogens is 1. The van der Waals surface area contributed by atoms with Gasteiger partial charge in [-0.3, -0.25) is 9.59 Å². The van der Waals surface area contributed by atoms with E-state index in [1.807, 2.05) is 36.0 Å². The Bertz CT molecular complexity index is 597. The van der Waals surface area contributed by atoms with Crippen molar-refractivity contribution in [1.29, 1.82) is 0 Å². The number of piperidine rings is 3. The van der Waals surface area contributed by atoms with Crippen LogP contribution in [0.3, 0.4) is 0 Å². The van der Waals surface area contributed by atoms with Gasteiger partial charge in [-0.25, -0.2) is 0 Å². The normalized spacial score (nSPS) is 31.7. The van der Waals surface area contributed by atoms with Crippen molar-refractivity contribution in [3.05, 3.63) is 24.5 Å². The van der Waals surface area contributed by atoms with Crippen LogP contribution in [0.25, 0.3) is 0 Å². The topological polar surface area (TPSA) is 45.6 Å². The molecule has 0 spiro atoms. The highest BCUT2D eigenvalue weighted by molar-refractivity contribution is 5.80.